The third-order valence-electron chi connectivity index (χ3n) is 2.57. The molecule has 0 spiro atoms. The molecule has 0 bridgehead atoms. The lowest BCUT2D eigenvalue weighted by Gasteiger charge is -2.13. The number of carbonyl (C=O) groups is 1. The number of aromatic nitrogens is 4. The van der Waals surface area contributed by atoms with Crippen molar-refractivity contribution in [2.75, 3.05) is 11.9 Å². The predicted molar refractivity (Wildman–Crippen MR) is 68.1 cm³/mol. The van der Waals surface area contributed by atoms with E-state index in [9.17, 15) is 9.59 Å². The number of fused-ring (bicyclic) bond motifs is 1. The number of aryl methyl sites for hydroxylation is 1. The zero-order chi connectivity index (χ0) is 14.0. The Morgan fingerprint density at radius 1 is 1.63 bits per heavy atom. The van der Waals surface area contributed by atoms with Gasteiger partial charge in [-0.1, -0.05) is 0 Å². The Hall–Kier alpha value is -2.38. The molecule has 2 aromatic heterocycles. The molecule has 2 rings (SSSR count). The molecule has 8 heteroatoms. The van der Waals surface area contributed by atoms with Crippen LogP contribution in [0.4, 0.5) is 5.82 Å². The van der Waals surface area contributed by atoms with Crippen molar-refractivity contribution < 1.29 is 9.53 Å². The van der Waals surface area contributed by atoms with Crippen LogP contribution in [0.25, 0.3) is 5.65 Å². The summed E-state index contributed by atoms with van der Waals surface area (Å²) >= 11 is 0. The Bertz CT molecular complexity index is 660. The summed E-state index contributed by atoms with van der Waals surface area (Å²) in [6.45, 7) is 5.43. The summed E-state index contributed by atoms with van der Waals surface area (Å²) in [7, 11) is 0. The zero-order valence-corrected chi connectivity index (χ0v) is 10.9. The van der Waals surface area contributed by atoms with Gasteiger partial charge in [0, 0.05) is 6.07 Å². The molecule has 0 aromatic carbocycles. The summed E-state index contributed by atoms with van der Waals surface area (Å²) in [6, 6.07) is 1.06. The molecule has 0 aliphatic heterocycles. The van der Waals surface area contributed by atoms with Crippen LogP contribution in [0.5, 0.6) is 0 Å². The van der Waals surface area contributed by atoms with Crippen LogP contribution < -0.4 is 11.0 Å². The highest BCUT2D eigenvalue weighted by Gasteiger charge is 2.15. The number of rotatable bonds is 4. The summed E-state index contributed by atoms with van der Waals surface area (Å²) in [4.78, 5) is 27.1. The van der Waals surface area contributed by atoms with Gasteiger partial charge in [-0.05, 0) is 20.8 Å². The van der Waals surface area contributed by atoms with Gasteiger partial charge in [0.2, 0.25) is 0 Å². The van der Waals surface area contributed by atoms with Crippen LogP contribution in [0, 0.1) is 6.92 Å². The monoisotopic (exact) mass is 265 g/mol. The number of nitrogens with zero attached hydrogens (tertiary/aromatic N) is 3. The molecule has 2 heterocycles. The van der Waals surface area contributed by atoms with Crippen LogP contribution in [0.1, 0.15) is 19.7 Å². The number of ether oxygens (including phenoxy) is 1. The Kier molecular flexibility index (Phi) is 3.50. The van der Waals surface area contributed by atoms with Gasteiger partial charge in [-0.3, -0.25) is 0 Å². The second kappa shape index (κ2) is 5.09. The number of esters is 1. The largest absolute Gasteiger partial charge is 0.464 e. The highest BCUT2D eigenvalue weighted by atomic mass is 16.5. The standard InChI is InChI=1S/C11H15N5O3/c1-4-19-10(17)6(2)12-8-5-9-14-15-11(18)16(9)7(3)13-8/h5-6,12H,4H2,1-3H3,(H,15,18). The molecule has 19 heavy (non-hydrogen) atoms. The Morgan fingerprint density at radius 3 is 3.05 bits per heavy atom. The SMILES string of the molecule is CCOC(=O)C(C)Nc1cc2n[nH]c(=O)n2c(C)n1. The van der Waals surface area contributed by atoms with E-state index in [1.807, 2.05) is 0 Å². The summed E-state index contributed by atoms with van der Waals surface area (Å²) in [6.07, 6.45) is 0. The number of carbonyl (C=O) groups excluding carboxylic acids is 1. The van der Waals surface area contributed by atoms with Crippen molar-refractivity contribution in [3.8, 4) is 0 Å². The Balaban J connectivity index is 2.27. The van der Waals surface area contributed by atoms with Gasteiger partial charge < -0.3 is 10.1 Å². The van der Waals surface area contributed by atoms with Crippen LogP contribution in [-0.2, 0) is 9.53 Å². The van der Waals surface area contributed by atoms with E-state index in [0.717, 1.165) is 0 Å². The van der Waals surface area contributed by atoms with Crippen molar-refractivity contribution in [1.29, 1.82) is 0 Å². The van der Waals surface area contributed by atoms with Gasteiger partial charge in [-0.2, -0.15) is 5.10 Å². The van der Waals surface area contributed by atoms with Gasteiger partial charge in [-0.25, -0.2) is 24.1 Å². The highest BCUT2D eigenvalue weighted by Crippen LogP contribution is 2.09. The molecule has 0 amide bonds. The third kappa shape index (κ3) is 2.56. The van der Waals surface area contributed by atoms with E-state index in [-0.39, 0.29) is 11.7 Å². The van der Waals surface area contributed by atoms with Crippen LogP contribution in [0.15, 0.2) is 10.9 Å². The first-order chi connectivity index (χ1) is 9.02. The van der Waals surface area contributed by atoms with E-state index in [2.05, 4.69) is 20.5 Å². The van der Waals surface area contributed by atoms with Gasteiger partial charge >= 0.3 is 11.7 Å². The molecule has 0 radical (unpaired) electrons. The summed E-state index contributed by atoms with van der Waals surface area (Å²) < 4.78 is 6.24. The lowest BCUT2D eigenvalue weighted by molar-refractivity contribution is -0.143. The minimum Gasteiger partial charge on any atom is -0.464 e. The summed E-state index contributed by atoms with van der Waals surface area (Å²) in [5.74, 6) is 0.584. The van der Waals surface area contributed by atoms with Gasteiger partial charge in [-0.15, -0.1) is 0 Å². The van der Waals surface area contributed by atoms with Gasteiger partial charge in [0.05, 0.1) is 6.61 Å². The minimum absolute atomic E-state index is 0.325. The molecule has 0 aliphatic rings. The number of anilines is 1. The topological polar surface area (TPSA) is 101 Å². The van der Waals surface area contributed by atoms with E-state index in [0.29, 0.717) is 23.9 Å². The molecule has 0 saturated carbocycles. The maximum atomic E-state index is 11.5. The molecule has 0 saturated heterocycles. The average molecular weight is 265 g/mol. The molecule has 0 fully saturated rings. The number of nitrogens with one attached hydrogen (secondary N) is 2. The second-order valence-electron chi connectivity index (χ2n) is 4.03. The molecule has 1 atom stereocenters. The number of hydrogen-bond acceptors (Lipinski definition) is 6. The predicted octanol–water partition coefficient (Wildman–Crippen LogP) is 0.0895. The number of aromatic amines is 1. The zero-order valence-electron chi connectivity index (χ0n) is 10.9. The van der Waals surface area contributed by atoms with E-state index in [4.69, 9.17) is 4.74 Å². The molecule has 2 N–H and O–H groups in total. The van der Waals surface area contributed by atoms with Gasteiger partial charge in [0.25, 0.3) is 0 Å². The first-order valence-corrected chi connectivity index (χ1v) is 5.91. The summed E-state index contributed by atoms with van der Waals surface area (Å²) in [5, 5.41) is 9.11. The highest BCUT2D eigenvalue weighted by molar-refractivity contribution is 5.78. The lowest BCUT2D eigenvalue weighted by Crippen LogP contribution is -2.29. The Labute approximate surface area is 108 Å². The van der Waals surface area contributed by atoms with Crippen molar-refractivity contribution in [2.45, 2.75) is 26.8 Å². The maximum absolute atomic E-state index is 11.5. The van der Waals surface area contributed by atoms with Crippen molar-refractivity contribution in [3.05, 3.63) is 22.4 Å². The van der Waals surface area contributed by atoms with E-state index < -0.39 is 6.04 Å². The van der Waals surface area contributed by atoms with Crippen LogP contribution in [0.2, 0.25) is 0 Å². The summed E-state index contributed by atoms with van der Waals surface area (Å²) in [5.41, 5.74) is 0.0982. The van der Waals surface area contributed by atoms with E-state index in [1.165, 1.54) is 4.40 Å². The molecule has 8 nitrogen and oxygen atoms in total. The smallest absolute Gasteiger partial charge is 0.349 e. The molecule has 2 aromatic rings. The number of H-pyrrole nitrogens is 1. The normalized spacial score (nSPS) is 12.4. The Morgan fingerprint density at radius 2 is 2.37 bits per heavy atom. The second-order valence-corrected chi connectivity index (χ2v) is 4.03. The van der Waals surface area contributed by atoms with Crippen molar-refractivity contribution in [2.24, 2.45) is 0 Å². The molecule has 102 valence electrons. The molecular weight excluding hydrogens is 250 g/mol. The number of hydrogen-bond donors (Lipinski definition) is 2. The molecular formula is C11H15N5O3. The lowest BCUT2D eigenvalue weighted by atomic mass is 10.3. The van der Waals surface area contributed by atoms with Gasteiger partial charge in [0.1, 0.15) is 17.7 Å². The maximum Gasteiger partial charge on any atom is 0.349 e. The van der Waals surface area contributed by atoms with Crippen LogP contribution in [-0.4, -0.2) is 38.2 Å². The first kappa shape index (κ1) is 13.1. The fraction of sp³-hybridized carbons (Fsp3) is 0.455. The first-order valence-electron chi connectivity index (χ1n) is 5.91. The van der Waals surface area contributed by atoms with Crippen LogP contribution in [0.3, 0.4) is 0 Å². The molecule has 1 unspecified atom stereocenters. The van der Waals surface area contributed by atoms with Gasteiger partial charge in [0.15, 0.2) is 5.65 Å². The average Bonchev–Trinajstić information content (AvgIpc) is 2.71. The quantitative estimate of drug-likeness (QED) is 0.760. The third-order valence-corrected chi connectivity index (χ3v) is 2.57. The fourth-order valence-corrected chi connectivity index (χ4v) is 1.72. The minimum atomic E-state index is -0.528. The van der Waals surface area contributed by atoms with E-state index in [1.54, 1.807) is 26.8 Å². The molecule has 0 aliphatic carbocycles. The van der Waals surface area contributed by atoms with Crippen molar-refractivity contribution >= 4 is 17.4 Å². The van der Waals surface area contributed by atoms with Crippen LogP contribution >= 0.6 is 0 Å². The van der Waals surface area contributed by atoms with Crippen molar-refractivity contribution in [1.82, 2.24) is 19.6 Å². The van der Waals surface area contributed by atoms with E-state index >= 15 is 0 Å². The fourth-order valence-electron chi connectivity index (χ4n) is 1.72. The van der Waals surface area contributed by atoms with Crippen molar-refractivity contribution in [3.63, 3.8) is 0 Å².